The number of methoxy groups -OCH3 is 2. The first kappa shape index (κ1) is 28.6. The molecule has 0 bridgehead atoms. The molecule has 1 unspecified atom stereocenters. The third-order valence-electron chi connectivity index (χ3n) is 6.93. The van der Waals surface area contributed by atoms with E-state index in [-0.39, 0.29) is 10.5 Å². The van der Waals surface area contributed by atoms with Crippen LogP contribution in [0, 0.1) is 12.7 Å². The van der Waals surface area contributed by atoms with Gasteiger partial charge in [0.25, 0.3) is 10.0 Å². The van der Waals surface area contributed by atoms with Crippen LogP contribution in [0.3, 0.4) is 0 Å². The molecule has 0 N–H and O–H groups in total. The SMILES string of the molecule is COC(=O)C1=C(C(=O)OC)N(S(=O)(=O)c2ccc(C)cc2)C=C(c2ccccc2)N2C(c3ccc(F)cc3)=CC=CC12. The molecular weight excluding hydrogens is 559 g/mol. The zero-order valence-electron chi connectivity index (χ0n) is 23.0. The monoisotopic (exact) mass is 586 g/mol. The molecule has 1 atom stereocenters. The minimum Gasteiger partial charge on any atom is -0.466 e. The van der Waals surface area contributed by atoms with E-state index in [1.54, 1.807) is 71.7 Å². The molecule has 10 heteroatoms. The molecule has 0 amide bonds. The summed E-state index contributed by atoms with van der Waals surface area (Å²) in [6.07, 6.45) is 6.40. The Hall–Kier alpha value is -4.96. The molecular formula is C32H27FN2O6S. The average Bonchev–Trinajstić information content (AvgIpc) is 3.17. The summed E-state index contributed by atoms with van der Waals surface area (Å²) >= 11 is 0. The van der Waals surface area contributed by atoms with Crippen molar-refractivity contribution in [2.24, 2.45) is 0 Å². The largest absolute Gasteiger partial charge is 0.466 e. The summed E-state index contributed by atoms with van der Waals surface area (Å²) in [7, 11) is -2.23. The Morgan fingerprint density at radius 1 is 0.810 bits per heavy atom. The summed E-state index contributed by atoms with van der Waals surface area (Å²) in [4.78, 5) is 28.6. The molecule has 0 aromatic heterocycles. The molecule has 0 radical (unpaired) electrons. The fourth-order valence-corrected chi connectivity index (χ4v) is 6.24. The summed E-state index contributed by atoms with van der Waals surface area (Å²) in [5.41, 5.74) is 2.11. The van der Waals surface area contributed by atoms with E-state index in [1.807, 2.05) is 13.0 Å². The zero-order chi connectivity index (χ0) is 30.0. The Labute approximate surface area is 243 Å². The first-order valence-electron chi connectivity index (χ1n) is 12.9. The average molecular weight is 587 g/mol. The van der Waals surface area contributed by atoms with Crippen LogP contribution in [0.2, 0.25) is 0 Å². The van der Waals surface area contributed by atoms with Gasteiger partial charge in [-0.25, -0.2) is 26.7 Å². The lowest BCUT2D eigenvalue weighted by atomic mass is 9.95. The van der Waals surface area contributed by atoms with Crippen molar-refractivity contribution in [2.45, 2.75) is 17.9 Å². The van der Waals surface area contributed by atoms with E-state index in [9.17, 15) is 22.4 Å². The molecule has 0 spiro atoms. The highest BCUT2D eigenvalue weighted by atomic mass is 32.2. The number of halogens is 1. The lowest BCUT2D eigenvalue weighted by molar-refractivity contribution is -0.140. The maximum absolute atomic E-state index is 14.3. The van der Waals surface area contributed by atoms with Gasteiger partial charge in [0, 0.05) is 11.9 Å². The van der Waals surface area contributed by atoms with Crippen LogP contribution in [-0.2, 0) is 29.1 Å². The van der Waals surface area contributed by atoms with Crippen molar-refractivity contribution < 1.29 is 31.9 Å². The fourth-order valence-electron chi connectivity index (χ4n) is 4.89. The van der Waals surface area contributed by atoms with Crippen molar-refractivity contribution in [1.82, 2.24) is 9.21 Å². The second kappa shape index (κ2) is 11.5. The topological polar surface area (TPSA) is 93.2 Å². The molecule has 8 nitrogen and oxygen atoms in total. The Morgan fingerprint density at radius 3 is 2.05 bits per heavy atom. The van der Waals surface area contributed by atoms with E-state index in [1.165, 1.54) is 30.5 Å². The van der Waals surface area contributed by atoms with Gasteiger partial charge in [0.15, 0.2) is 5.70 Å². The second-order valence-corrected chi connectivity index (χ2v) is 11.3. The predicted octanol–water partition coefficient (Wildman–Crippen LogP) is 5.02. The van der Waals surface area contributed by atoms with Crippen LogP contribution in [0.25, 0.3) is 11.4 Å². The van der Waals surface area contributed by atoms with Gasteiger partial charge in [0.2, 0.25) is 0 Å². The third-order valence-corrected chi connectivity index (χ3v) is 8.60. The van der Waals surface area contributed by atoms with Crippen molar-refractivity contribution in [2.75, 3.05) is 14.2 Å². The van der Waals surface area contributed by atoms with E-state index in [4.69, 9.17) is 9.47 Å². The number of esters is 2. The highest BCUT2D eigenvalue weighted by Crippen LogP contribution is 2.42. The minimum atomic E-state index is -4.48. The number of fused-ring (bicyclic) bond motifs is 1. The number of allylic oxidation sites excluding steroid dienone is 2. The van der Waals surface area contributed by atoms with Gasteiger partial charge in [-0.3, -0.25) is 0 Å². The highest BCUT2D eigenvalue weighted by molar-refractivity contribution is 7.89. The Kier molecular flexibility index (Phi) is 7.82. The van der Waals surface area contributed by atoms with Crippen LogP contribution in [-0.4, -0.2) is 49.8 Å². The lowest BCUT2D eigenvalue weighted by Crippen LogP contribution is -2.38. The smallest absolute Gasteiger partial charge is 0.356 e. The third kappa shape index (κ3) is 5.12. The van der Waals surface area contributed by atoms with Crippen LogP contribution < -0.4 is 0 Å². The molecule has 3 aromatic rings. The molecule has 2 heterocycles. The standard InChI is InChI=1S/C32H27FN2O6S/c1-21-12-18-25(19-13-21)42(38,39)34-20-28(22-8-5-4-6-9-22)35-26(23-14-16-24(33)17-15-23)10-7-11-27(35)29(31(36)40-2)30(34)32(37)41-3/h4-20,27H,1-3H3. The van der Waals surface area contributed by atoms with Crippen LogP contribution in [0.15, 0.2) is 119 Å². The van der Waals surface area contributed by atoms with Gasteiger partial charge < -0.3 is 14.4 Å². The van der Waals surface area contributed by atoms with Crippen molar-refractivity contribution in [3.8, 4) is 0 Å². The molecule has 2 aliphatic heterocycles. The van der Waals surface area contributed by atoms with Gasteiger partial charge in [-0.05, 0) is 60.5 Å². The number of aryl methyl sites for hydroxylation is 1. The number of carbonyl (C=O) groups excluding carboxylic acids is 2. The van der Waals surface area contributed by atoms with Crippen LogP contribution in [0.1, 0.15) is 16.7 Å². The van der Waals surface area contributed by atoms with Gasteiger partial charge in [0.05, 0.1) is 36.4 Å². The normalized spacial score (nSPS) is 16.7. The van der Waals surface area contributed by atoms with E-state index < -0.39 is 39.5 Å². The Morgan fingerprint density at radius 2 is 1.43 bits per heavy atom. The maximum Gasteiger partial charge on any atom is 0.356 e. The zero-order valence-corrected chi connectivity index (χ0v) is 23.8. The van der Waals surface area contributed by atoms with Gasteiger partial charge in [0.1, 0.15) is 5.82 Å². The van der Waals surface area contributed by atoms with E-state index in [2.05, 4.69) is 0 Å². The number of benzene rings is 3. The summed E-state index contributed by atoms with van der Waals surface area (Å²) in [5, 5.41) is 0. The van der Waals surface area contributed by atoms with Crippen molar-refractivity contribution >= 4 is 33.4 Å². The number of ether oxygens (including phenoxy) is 2. The van der Waals surface area contributed by atoms with Crippen molar-refractivity contribution in [1.29, 1.82) is 0 Å². The number of nitrogens with zero attached hydrogens (tertiary/aromatic N) is 2. The number of carbonyl (C=O) groups is 2. The first-order valence-corrected chi connectivity index (χ1v) is 14.3. The molecule has 2 aliphatic rings. The quantitative estimate of drug-likeness (QED) is 0.375. The molecule has 42 heavy (non-hydrogen) atoms. The molecule has 0 saturated carbocycles. The van der Waals surface area contributed by atoms with Crippen molar-refractivity contribution in [3.05, 3.63) is 137 Å². The minimum absolute atomic E-state index is 0.105. The van der Waals surface area contributed by atoms with Crippen molar-refractivity contribution in [3.63, 3.8) is 0 Å². The molecule has 3 aromatic carbocycles. The lowest BCUT2D eigenvalue weighted by Gasteiger charge is -2.37. The fraction of sp³-hybridized carbons (Fsp3) is 0.125. The molecule has 214 valence electrons. The Balaban J connectivity index is 1.88. The van der Waals surface area contributed by atoms with Crippen LogP contribution in [0.4, 0.5) is 4.39 Å². The van der Waals surface area contributed by atoms with Gasteiger partial charge in [-0.1, -0.05) is 60.2 Å². The predicted molar refractivity (Wildman–Crippen MR) is 155 cm³/mol. The van der Waals surface area contributed by atoms with Gasteiger partial charge in [-0.2, -0.15) is 0 Å². The number of hydrogen-bond donors (Lipinski definition) is 0. The van der Waals surface area contributed by atoms with Crippen LogP contribution in [0.5, 0.6) is 0 Å². The molecule has 0 aliphatic carbocycles. The maximum atomic E-state index is 14.3. The van der Waals surface area contributed by atoms with Crippen LogP contribution >= 0.6 is 0 Å². The van der Waals surface area contributed by atoms with E-state index in [0.717, 1.165) is 24.1 Å². The molecule has 0 fully saturated rings. The van der Waals surface area contributed by atoms with E-state index >= 15 is 0 Å². The Bertz CT molecular complexity index is 1760. The van der Waals surface area contributed by atoms with Gasteiger partial charge >= 0.3 is 11.9 Å². The number of rotatable bonds is 6. The second-order valence-electron chi connectivity index (χ2n) is 9.50. The van der Waals surface area contributed by atoms with Gasteiger partial charge in [-0.15, -0.1) is 0 Å². The molecule has 5 rings (SSSR count). The number of sulfonamides is 1. The summed E-state index contributed by atoms with van der Waals surface area (Å²) < 4.78 is 53.5. The summed E-state index contributed by atoms with van der Waals surface area (Å²) in [6, 6.07) is 19.8. The highest BCUT2D eigenvalue weighted by Gasteiger charge is 2.44. The number of hydrogen-bond acceptors (Lipinski definition) is 7. The molecule has 0 saturated heterocycles. The van der Waals surface area contributed by atoms with E-state index in [0.29, 0.717) is 22.5 Å². The summed E-state index contributed by atoms with van der Waals surface area (Å²) in [6.45, 7) is 1.82. The summed E-state index contributed by atoms with van der Waals surface area (Å²) in [5.74, 6) is -2.42. The first-order chi connectivity index (χ1) is 20.2.